The minimum atomic E-state index is -0.266. The molecule has 1 aromatic rings. The molecule has 9 atom stereocenters. The predicted molar refractivity (Wildman–Crippen MR) is 105 cm³/mol. The first-order valence-corrected chi connectivity index (χ1v) is 11.3. The number of hydrogen-bond acceptors (Lipinski definition) is 4. The van der Waals surface area contributed by atoms with Crippen LogP contribution in [0.2, 0.25) is 0 Å². The second kappa shape index (κ2) is 5.51. The van der Waals surface area contributed by atoms with Crippen LogP contribution in [0.25, 0.3) is 0 Å². The molecule has 2 heterocycles. The maximum Gasteiger partial charge on any atom is 0.335 e. The van der Waals surface area contributed by atoms with Crippen molar-refractivity contribution < 1.29 is 14.3 Å². The first kappa shape index (κ1) is 17.7. The van der Waals surface area contributed by atoms with Crippen LogP contribution in [0.5, 0.6) is 0 Å². The van der Waals surface area contributed by atoms with Crippen LogP contribution < -0.4 is 5.63 Å². The minimum Gasteiger partial charge on any atom is -0.431 e. The third-order valence-corrected chi connectivity index (χ3v) is 10.2. The van der Waals surface area contributed by atoms with E-state index in [1.54, 1.807) is 12.3 Å². The molecule has 0 bridgehead atoms. The number of hydrogen-bond donors (Lipinski definition) is 1. The normalized spacial score (nSPS) is 54.2. The van der Waals surface area contributed by atoms with E-state index in [0.29, 0.717) is 29.3 Å². The summed E-state index contributed by atoms with van der Waals surface area (Å²) in [5.74, 6) is 2.48. The van der Waals surface area contributed by atoms with Crippen molar-refractivity contribution in [2.75, 3.05) is 0 Å². The monoisotopic (exact) mass is 384 g/mol. The molecule has 5 fully saturated rings. The van der Waals surface area contributed by atoms with Crippen LogP contribution in [0.15, 0.2) is 27.6 Å². The number of rotatable bonds is 1. The van der Waals surface area contributed by atoms with Crippen LogP contribution in [-0.4, -0.2) is 22.9 Å². The highest BCUT2D eigenvalue weighted by molar-refractivity contribution is 5.35. The molecule has 1 saturated heterocycles. The molecule has 4 heteroatoms. The summed E-state index contributed by atoms with van der Waals surface area (Å²) >= 11 is 0. The van der Waals surface area contributed by atoms with Crippen LogP contribution >= 0.6 is 0 Å². The lowest BCUT2D eigenvalue weighted by atomic mass is 9.44. The second-order valence-corrected chi connectivity index (χ2v) is 11.0. The van der Waals surface area contributed by atoms with Gasteiger partial charge in [0.2, 0.25) is 0 Å². The molecule has 5 aliphatic rings. The zero-order valence-electron chi connectivity index (χ0n) is 17.0. The Labute approximate surface area is 166 Å². The molecule has 6 rings (SSSR count). The van der Waals surface area contributed by atoms with Crippen molar-refractivity contribution in [3.05, 3.63) is 34.4 Å². The van der Waals surface area contributed by atoms with E-state index in [1.165, 1.54) is 37.7 Å². The van der Waals surface area contributed by atoms with Gasteiger partial charge in [-0.15, -0.1) is 0 Å². The first-order chi connectivity index (χ1) is 13.4. The molecule has 152 valence electrons. The van der Waals surface area contributed by atoms with Gasteiger partial charge in [-0.2, -0.15) is 0 Å². The van der Waals surface area contributed by atoms with Crippen LogP contribution in [0.1, 0.15) is 76.7 Å². The highest BCUT2D eigenvalue weighted by Gasteiger charge is 2.80. The maximum absolute atomic E-state index is 11.4. The fraction of sp³-hybridized carbons (Fsp3) is 0.792. The maximum atomic E-state index is 11.4. The zero-order valence-corrected chi connectivity index (χ0v) is 17.0. The lowest BCUT2D eigenvalue weighted by Crippen LogP contribution is -2.58. The van der Waals surface area contributed by atoms with E-state index in [1.807, 2.05) is 6.07 Å². The lowest BCUT2D eigenvalue weighted by molar-refractivity contribution is -0.139. The smallest absolute Gasteiger partial charge is 0.335 e. The lowest BCUT2D eigenvalue weighted by Gasteiger charge is -2.61. The van der Waals surface area contributed by atoms with Crippen molar-refractivity contribution >= 4 is 0 Å². The zero-order chi connectivity index (χ0) is 19.3. The van der Waals surface area contributed by atoms with Gasteiger partial charge in [0.1, 0.15) is 5.60 Å². The quantitative estimate of drug-likeness (QED) is 0.735. The Morgan fingerprint density at radius 1 is 1.04 bits per heavy atom. The van der Waals surface area contributed by atoms with E-state index >= 15 is 0 Å². The van der Waals surface area contributed by atoms with Crippen LogP contribution in [-0.2, 0) is 4.74 Å². The largest absolute Gasteiger partial charge is 0.431 e. The molecule has 28 heavy (non-hydrogen) atoms. The molecule has 0 amide bonds. The molecule has 4 nitrogen and oxygen atoms in total. The number of epoxide rings is 1. The minimum absolute atomic E-state index is 0.0285. The molecule has 4 saturated carbocycles. The highest BCUT2D eigenvalue weighted by Crippen LogP contribution is 2.77. The van der Waals surface area contributed by atoms with Gasteiger partial charge >= 0.3 is 5.63 Å². The second-order valence-electron chi connectivity index (χ2n) is 11.0. The fourth-order valence-corrected chi connectivity index (χ4v) is 8.74. The number of fused-ring (bicyclic) bond motifs is 3. The van der Waals surface area contributed by atoms with Crippen molar-refractivity contribution in [1.82, 2.24) is 0 Å². The molecule has 1 N–H and O–H groups in total. The van der Waals surface area contributed by atoms with E-state index in [4.69, 9.17) is 9.15 Å². The SMILES string of the molecule is C[C@]12CC[C@H](O)CC1CC[C@@H]1C2CC[C@]2(C)[C@@H](c3ccc(=O)oc3)C[C@@H]3O[C@@]312. The Morgan fingerprint density at radius 3 is 2.68 bits per heavy atom. The number of aliphatic hydroxyl groups excluding tert-OH is 1. The van der Waals surface area contributed by atoms with Gasteiger partial charge in [-0.25, -0.2) is 4.79 Å². The van der Waals surface area contributed by atoms with Gasteiger partial charge in [0.25, 0.3) is 0 Å². The fourth-order valence-electron chi connectivity index (χ4n) is 8.74. The Hall–Kier alpha value is -1.13. The summed E-state index contributed by atoms with van der Waals surface area (Å²) in [6, 6.07) is 3.55. The number of aliphatic hydroxyl groups is 1. The summed E-state index contributed by atoms with van der Waals surface area (Å²) in [6.07, 6.45) is 11.1. The molecule has 4 aliphatic carbocycles. The number of ether oxygens (including phenoxy) is 1. The molecule has 0 radical (unpaired) electrons. The van der Waals surface area contributed by atoms with Gasteiger partial charge in [0.15, 0.2) is 0 Å². The van der Waals surface area contributed by atoms with Crippen LogP contribution in [0.4, 0.5) is 0 Å². The van der Waals surface area contributed by atoms with Crippen molar-refractivity contribution in [2.45, 2.75) is 88.9 Å². The van der Waals surface area contributed by atoms with Crippen LogP contribution in [0.3, 0.4) is 0 Å². The average Bonchev–Trinajstić information content (AvgIpc) is 3.33. The van der Waals surface area contributed by atoms with Gasteiger partial charge < -0.3 is 14.3 Å². The highest BCUT2D eigenvalue weighted by atomic mass is 16.6. The summed E-state index contributed by atoms with van der Waals surface area (Å²) in [6.45, 7) is 4.97. The molecule has 1 spiro atoms. The van der Waals surface area contributed by atoms with E-state index in [-0.39, 0.29) is 22.7 Å². The summed E-state index contributed by atoms with van der Waals surface area (Å²) in [5, 5.41) is 10.2. The summed E-state index contributed by atoms with van der Waals surface area (Å²) in [5.41, 5.74) is 1.44. The van der Waals surface area contributed by atoms with E-state index in [9.17, 15) is 9.90 Å². The molecule has 0 aromatic carbocycles. The van der Waals surface area contributed by atoms with Gasteiger partial charge in [-0.3, -0.25) is 0 Å². The third-order valence-electron chi connectivity index (χ3n) is 10.2. The van der Waals surface area contributed by atoms with Gasteiger partial charge in [-0.05, 0) is 92.1 Å². The van der Waals surface area contributed by atoms with Crippen molar-refractivity contribution in [1.29, 1.82) is 0 Å². The molecular weight excluding hydrogens is 352 g/mol. The summed E-state index contributed by atoms with van der Waals surface area (Å²) in [4.78, 5) is 11.4. The Balaban J connectivity index is 1.36. The predicted octanol–water partition coefficient (Wildman–Crippen LogP) is 4.26. The van der Waals surface area contributed by atoms with Gasteiger partial charge in [0, 0.05) is 11.5 Å². The standard InChI is InChI=1S/C24H32O4/c1-22-9-7-16(25)11-15(22)4-5-18-17(22)8-10-23(2)19(12-20-24(18,23)28-20)14-3-6-21(26)27-13-14/h3,6,13,15-20,25H,4-5,7-12H2,1-2H3/t15?,16-,17?,18+,19+,20-,22-,23+,24+/m0/s1. The Bertz CT molecular complexity index is 842. The summed E-state index contributed by atoms with van der Waals surface area (Å²) < 4.78 is 11.8. The van der Waals surface area contributed by atoms with Gasteiger partial charge in [-0.1, -0.05) is 13.8 Å². The molecule has 2 unspecified atom stereocenters. The van der Waals surface area contributed by atoms with E-state index < -0.39 is 0 Å². The van der Waals surface area contributed by atoms with Crippen molar-refractivity contribution in [2.24, 2.45) is 28.6 Å². The molecular formula is C24H32O4. The van der Waals surface area contributed by atoms with E-state index in [2.05, 4.69) is 13.8 Å². The first-order valence-electron chi connectivity index (χ1n) is 11.3. The van der Waals surface area contributed by atoms with Crippen molar-refractivity contribution in [3.8, 4) is 0 Å². The van der Waals surface area contributed by atoms with E-state index in [0.717, 1.165) is 25.2 Å². The Kier molecular flexibility index (Phi) is 3.49. The van der Waals surface area contributed by atoms with Crippen molar-refractivity contribution in [3.63, 3.8) is 0 Å². The summed E-state index contributed by atoms with van der Waals surface area (Å²) in [7, 11) is 0. The third kappa shape index (κ3) is 2.01. The van der Waals surface area contributed by atoms with Gasteiger partial charge in [0.05, 0.1) is 18.5 Å². The van der Waals surface area contributed by atoms with Crippen LogP contribution in [0, 0.1) is 28.6 Å². The Morgan fingerprint density at radius 2 is 1.89 bits per heavy atom. The topological polar surface area (TPSA) is 63.0 Å². The average molecular weight is 385 g/mol. The molecule has 1 aromatic heterocycles. The molecule has 1 aliphatic heterocycles.